The standard InChI is InChI=1S/C20H25F3N6O2S/c21-20(22,23)16-7-6-14(32-16)10-27-18(30)15-11-24-12-17(29-15)25-8-9-26-19(31)28-13-4-2-1-3-5-13/h6-7,11-13H,1-5,8-10H2,(H,25,29)(H,27,30)(H2,26,28,31). The van der Waals surface area contributed by atoms with E-state index in [0.29, 0.717) is 35.1 Å². The fraction of sp³-hybridized carbons (Fsp3) is 0.500. The van der Waals surface area contributed by atoms with Crippen molar-refractivity contribution in [1.82, 2.24) is 25.9 Å². The molecule has 2 aromatic rings. The molecule has 0 saturated heterocycles. The van der Waals surface area contributed by atoms with Gasteiger partial charge in [0.2, 0.25) is 0 Å². The van der Waals surface area contributed by atoms with Gasteiger partial charge >= 0.3 is 12.2 Å². The number of nitrogens with zero attached hydrogens (tertiary/aromatic N) is 2. The number of amides is 3. The average molecular weight is 471 g/mol. The monoisotopic (exact) mass is 470 g/mol. The van der Waals surface area contributed by atoms with Crippen LogP contribution in [0.2, 0.25) is 0 Å². The second kappa shape index (κ2) is 11.1. The van der Waals surface area contributed by atoms with E-state index in [2.05, 4.69) is 31.2 Å². The Bertz CT molecular complexity index is 915. The van der Waals surface area contributed by atoms with Crippen molar-refractivity contribution in [2.75, 3.05) is 18.4 Å². The van der Waals surface area contributed by atoms with Crippen LogP contribution in [-0.2, 0) is 12.7 Å². The van der Waals surface area contributed by atoms with Crippen molar-refractivity contribution in [3.8, 4) is 0 Å². The molecule has 4 N–H and O–H groups in total. The molecule has 0 atom stereocenters. The number of nitrogens with one attached hydrogen (secondary N) is 4. The Balaban J connectivity index is 1.40. The summed E-state index contributed by atoms with van der Waals surface area (Å²) in [6.45, 7) is 0.697. The highest BCUT2D eigenvalue weighted by Crippen LogP contribution is 2.34. The molecular weight excluding hydrogens is 445 g/mol. The molecule has 1 fully saturated rings. The lowest BCUT2D eigenvalue weighted by Crippen LogP contribution is -2.44. The van der Waals surface area contributed by atoms with E-state index in [1.807, 2.05) is 0 Å². The Morgan fingerprint density at radius 3 is 2.56 bits per heavy atom. The summed E-state index contributed by atoms with van der Waals surface area (Å²) in [5.41, 5.74) is 0.0330. The number of hydrogen-bond acceptors (Lipinski definition) is 6. The first-order valence-corrected chi connectivity index (χ1v) is 11.2. The Labute approximate surface area is 187 Å². The number of alkyl halides is 3. The van der Waals surface area contributed by atoms with Crippen LogP contribution >= 0.6 is 11.3 Å². The number of urea groups is 1. The predicted molar refractivity (Wildman–Crippen MR) is 114 cm³/mol. The maximum atomic E-state index is 12.7. The van der Waals surface area contributed by atoms with Gasteiger partial charge in [0.25, 0.3) is 5.91 Å². The van der Waals surface area contributed by atoms with E-state index in [0.717, 1.165) is 31.7 Å². The lowest BCUT2D eigenvalue weighted by Gasteiger charge is -2.22. The first-order valence-electron chi connectivity index (χ1n) is 10.4. The average Bonchev–Trinajstić information content (AvgIpc) is 3.26. The van der Waals surface area contributed by atoms with E-state index in [1.54, 1.807) is 0 Å². The van der Waals surface area contributed by atoms with Crippen molar-refractivity contribution >= 4 is 29.1 Å². The van der Waals surface area contributed by atoms with Gasteiger partial charge < -0.3 is 21.3 Å². The van der Waals surface area contributed by atoms with Crippen LogP contribution in [0.1, 0.15) is 52.3 Å². The summed E-state index contributed by atoms with van der Waals surface area (Å²) in [6, 6.07) is 2.33. The maximum absolute atomic E-state index is 12.7. The summed E-state index contributed by atoms with van der Waals surface area (Å²) in [7, 11) is 0. The Morgan fingerprint density at radius 1 is 1.06 bits per heavy atom. The highest BCUT2D eigenvalue weighted by molar-refractivity contribution is 7.12. The molecule has 1 aliphatic carbocycles. The fourth-order valence-corrected chi connectivity index (χ4v) is 4.11. The molecule has 0 aromatic carbocycles. The summed E-state index contributed by atoms with van der Waals surface area (Å²) in [6.07, 6.45) is 3.81. The minimum Gasteiger partial charge on any atom is -0.367 e. The zero-order chi connectivity index (χ0) is 23.0. The second-order valence-electron chi connectivity index (χ2n) is 7.40. The van der Waals surface area contributed by atoms with Crippen molar-refractivity contribution in [3.05, 3.63) is 40.0 Å². The molecule has 0 radical (unpaired) electrons. The number of hydrogen-bond donors (Lipinski definition) is 4. The van der Waals surface area contributed by atoms with Gasteiger partial charge in [0.1, 0.15) is 16.4 Å². The zero-order valence-electron chi connectivity index (χ0n) is 17.3. The minimum absolute atomic E-state index is 0.0330. The maximum Gasteiger partial charge on any atom is 0.425 e. The molecule has 3 amide bonds. The van der Waals surface area contributed by atoms with Crippen LogP contribution < -0.4 is 21.3 Å². The van der Waals surface area contributed by atoms with E-state index in [1.165, 1.54) is 24.9 Å². The molecule has 174 valence electrons. The largest absolute Gasteiger partial charge is 0.425 e. The smallest absolute Gasteiger partial charge is 0.367 e. The fourth-order valence-electron chi connectivity index (χ4n) is 3.29. The number of aromatic nitrogens is 2. The van der Waals surface area contributed by atoms with Crippen molar-refractivity contribution in [2.45, 2.75) is 50.9 Å². The Morgan fingerprint density at radius 2 is 1.84 bits per heavy atom. The number of carbonyl (C=O) groups is 2. The molecule has 0 unspecified atom stereocenters. The van der Waals surface area contributed by atoms with Gasteiger partial charge in [-0.25, -0.2) is 9.78 Å². The van der Waals surface area contributed by atoms with Crippen LogP contribution in [0.25, 0.3) is 0 Å². The highest BCUT2D eigenvalue weighted by atomic mass is 32.1. The third-order valence-electron chi connectivity index (χ3n) is 4.89. The molecule has 2 aromatic heterocycles. The van der Waals surface area contributed by atoms with Crippen LogP contribution in [-0.4, -0.2) is 41.0 Å². The molecule has 3 rings (SSSR count). The third-order valence-corrected chi connectivity index (χ3v) is 6.02. The molecule has 32 heavy (non-hydrogen) atoms. The summed E-state index contributed by atoms with van der Waals surface area (Å²) in [4.78, 5) is 31.9. The minimum atomic E-state index is -4.40. The van der Waals surface area contributed by atoms with Crippen LogP contribution in [0, 0.1) is 0 Å². The lowest BCUT2D eigenvalue weighted by atomic mass is 9.96. The van der Waals surface area contributed by atoms with Crippen molar-refractivity contribution in [2.24, 2.45) is 0 Å². The van der Waals surface area contributed by atoms with Crippen LogP contribution in [0.15, 0.2) is 24.5 Å². The molecule has 12 heteroatoms. The number of thiophene rings is 1. The van der Waals surface area contributed by atoms with Crippen molar-refractivity contribution < 1.29 is 22.8 Å². The molecule has 0 aliphatic heterocycles. The van der Waals surface area contributed by atoms with Crippen LogP contribution in [0.3, 0.4) is 0 Å². The van der Waals surface area contributed by atoms with E-state index in [9.17, 15) is 22.8 Å². The van der Waals surface area contributed by atoms with Gasteiger partial charge in [0.15, 0.2) is 0 Å². The summed E-state index contributed by atoms with van der Waals surface area (Å²) in [5, 5.41) is 11.2. The summed E-state index contributed by atoms with van der Waals surface area (Å²) in [5.74, 6) is -0.198. The molecule has 0 spiro atoms. The van der Waals surface area contributed by atoms with Crippen LogP contribution in [0.4, 0.5) is 23.8 Å². The highest BCUT2D eigenvalue weighted by Gasteiger charge is 2.32. The normalized spacial score (nSPS) is 14.6. The second-order valence-corrected chi connectivity index (χ2v) is 8.57. The van der Waals surface area contributed by atoms with E-state index in [4.69, 9.17) is 0 Å². The number of halogens is 3. The van der Waals surface area contributed by atoms with Gasteiger partial charge in [-0.15, -0.1) is 11.3 Å². The molecule has 0 bridgehead atoms. The van der Waals surface area contributed by atoms with Gasteiger partial charge in [-0.1, -0.05) is 19.3 Å². The quantitative estimate of drug-likeness (QED) is 0.442. The molecular formula is C20H25F3N6O2S. The van der Waals surface area contributed by atoms with Gasteiger partial charge in [0.05, 0.1) is 18.9 Å². The van der Waals surface area contributed by atoms with E-state index >= 15 is 0 Å². The van der Waals surface area contributed by atoms with E-state index in [-0.39, 0.29) is 24.3 Å². The van der Waals surface area contributed by atoms with Gasteiger partial charge in [-0.2, -0.15) is 13.2 Å². The van der Waals surface area contributed by atoms with Crippen molar-refractivity contribution in [1.29, 1.82) is 0 Å². The van der Waals surface area contributed by atoms with Gasteiger partial charge in [0, 0.05) is 24.0 Å². The number of anilines is 1. The molecule has 8 nitrogen and oxygen atoms in total. The molecule has 1 saturated carbocycles. The number of rotatable bonds is 8. The van der Waals surface area contributed by atoms with Gasteiger partial charge in [-0.05, 0) is 25.0 Å². The van der Waals surface area contributed by atoms with Gasteiger partial charge in [-0.3, -0.25) is 9.78 Å². The SMILES string of the molecule is O=C(NCCNc1cncc(C(=O)NCc2ccc(C(F)(F)F)s2)n1)NC1CCCCC1. The summed E-state index contributed by atoms with van der Waals surface area (Å²) >= 11 is 0.579. The first kappa shape index (κ1) is 23.8. The number of carbonyl (C=O) groups excluding carboxylic acids is 2. The zero-order valence-corrected chi connectivity index (χ0v) is 18.1. The molecule has 2 heterocycles. The Kier molecular flexibility index (Phi) is 8.26. The summed E-state index contributed by atoms with van der Waals surface area (Å²) < 4.78 is 38.0. The topological polar surface area (TPSA) is 108 Å². The van der Waals surface area contributed by atoms with Crippen LogP contribution in [0.5, 0.6) is 0 Å². The first-order chi connectivity index (χ1) is 15.3. The van der Waals surface area contributed by atoms with Crippen molar-refractivity contribution in [3.63, 3.8) is 0 Å². The Hall–Kier alpha value is -2.89. The lowest BCUT2D eigenvalue weighted by molar-refractivity contribution is -0.134. The third kappa shape index (κ3) is 7.36. The van der Waals surface area contributed by atoms with E-state index < -0.39 is 17.0 Å². The predicted octanol–water partition coefficient (Wildman–Crippen LogP) is 3.53. The molecule has 1 aliphatic rings.